The van der Waals surface area contributed by atoms with E-state index in [1.165, 1.54) is 15.9 Å². The quantitative estimate of drug-likeness (QED) is 0.787. The minimum Gasteiger partial charge on any atom is -0.338 e. The van der Waals surface area contributed by atoms with E-state index in [2.05, 4.69) is 0 Å². The van der Waals surface area contributed by atoms with Gasteiger partial charge in [-0.1, -0.05) is 0 Å². The Labute approximate surface area is 148 Å². The van der Waals surface area contributed by atoms with Crippen molar-refractivity contribution < 1.29 is 9.59 Å². The molecule has 1 amide bonds. The van der Waals surface area contributed by atoms with Crippen molar-refractivity contribution in [2.45, 2.75) is 33.4 Å². The number of hydrogen-bond acceptors (Lipinski definition) is 5. The zero-order chi connectivity index (χ0) is 18.1. The number of carbonyl (C=O) groups excluding carboxylic acids is 2. The fourth-order valence-corrected chi connectivity index (χ4v) is 3.99. The topological polar surface area (TPSA) is 83.2 Å². The number of rotatable bonds is 3. The van der Waals surface area contributed by atoms with Crippen molar-refractivity contribution in [1.29, 1.82) is 5.26 Å². The largest absolute Gasteiger partial charge is 0.338 e. The van der Waals surface area contributed by atoms with Gasteiger partial charge >= 0.3 is 0 Å². The highest BCUT2D eigenvalue weighted by Crippen LogP contribution is 2.28. The van der Waals surface area contributed by atoms with Gasteiger partial charge in [0.2, 0.25) is 5.91 Å². The molecule has 6 nitrogen and oxygen atoms in total. The Hall–Kier alpha value is -2.72. The number of thiophene rings is 1. The van der Waals surface area contributed by atoms with Gasteiger partial charge in [0.15, 0.2) is 5.78 Å². The predicted molar refractivity (Wildman–Crippen MR) is 93.6 cm³/mol. The Morgan fingerprint density at radius 2 is 2.16 bits per heavy atom. The van der Waals surface area contributed by atoms with Crippen molar-refractivity contribution in [3.63, 3.8) is 0 Å². The first-order chi connectivity index (χ1) is 11.9. The van der Waals surface area contributed by atoms with Gasteiger partial charge in [-0.3, -0.25) is 14.4 Å². The zero-order valence-electron chi connectivity index (χ0n) is 14.0. The molecule has 0 atom stereocenters. The van der Waals surface area contributed by atoms with Crippen LogP contribution in [0.1, 0.15) is 38.2 Å². The van der Waals surface area contributed by atoms with Crippen molar-refractivity contribution >= 4 is 23.0 Å². The molecule has 1 aliphatic heterocycles. The summed E-state index contributed by atoms with van der Waals surface area (Å²) in [7, 11) is 0. The molecule has 0 unspecified atom stereocenters. The lowest BCUT2D eigenvalue weighted by Gasteiger charge is -2.25. The van der Waals surface area contributed by atoms with Crippen molar-refractivity contribution in [2.75, 3.05) is 6.54 Å². The Morgan fingerprint density at radius 1 is 1.40 bits per heavy atom. The van der Waals surface area contributed by atoms with Crippen molar-refractivity contribution in [3.8, 4) is 6.07 Å². The number of hydrogen-bond donors (Lipinski definition) is 0. The van der Waals surface area contributed by atoms with Crippen LogP contribution in [0.4, 0.5) is 0 Å². The van der Waals surface area contributed by atoms with Gasteiger partial charge in [0.25, 0.3) is 5.56 Å². The van der Waals surface area contributed by atoms with Gasteiger partial charge in [-0.15, -0.1) is 11.3 Å². The average molecular weight is 355 g/mol. The number of pyridine rings is 1. The zero-order valence-corrected chi connectivity index (χ0v) is 14.9. The molecule has 0 aromatic carbocycles. The average Bonchev–Trinajstić information content (AvgIpc) is 3.01. The smallest absolute Gasteiger partial charge is 0.269 e. The molecular formula is C18H17N3O3S. The molecule has 25 heavy (non-hydrogen) atoms. The molecule has 0 aliphatic carbocycles. The van der Waals surface area contributed by atoms with Crippen LogP contribution in [0.2, 0.25) is 0 Å². The van der Waals surface area contributed by atoms with Crippen LogP contribution in [-0.2, 0) is 24.3 Å². The van der Waals surface area contributed by atoms with E-state index < -0.39 is 5.56 Å². The second kappa shape index (κ2) is 6.65. The SMILES string of the molecule is CC(=O)N1CCc2sc(C(=O)Cn3ccc(C)c(C#N)c3=O)cc2C1. The van der Waals surface area contributed by atoms with E-state index in [1.807, 2.05) is 12.1 Å². The van der Waals surface area contributed by atoms with Crippen molar-refractivity contribution in [1.82, 2.24) is 9.47 Å². The third-order valence-corrected chi connectivity index (χ3v) is 5.66. The van der Waals surface area contributed by atoms with E-state index in [1.54, 1.807) is 31.0 Å². The van der Waals surface area contributed by atoms with E-state index in [4.69, 9.17) is 5.26 Å². The molecule has 0 saturated heterocycles. The van der Waals surface area contributed by atoms with Gasteiger partial charge in [-0.05, 0) is 36.6 Å². The first kappa shape index (κ1) is 17.1. The van der Waals surface area contributed by atoms with E-state index in [9.17, 15) is 14.4 Å². The van der Waals surface area contributed by atoms with Crippen LogP contribution in [-0.4, -0.2) is 27.7 Å². The molecule has 3 heterocycles. The fraction of sp³-hybridized carbons (Fsp3) is 0.333. The van der Waals surface area contributed by atoms with Crippen LogP contribution in [0.5, 0.6) is 0 Å². The lowest BCUT2D eigenvalue weighted by Crippen LogP contribution is -2.33. The maximum Gasteiger partial charge on any atom is 0.269 e. The van der Waals surface area contributed by atoms with Crippen LogP contribution in [0.15, 0.2) is 23.1 Å². The normalized spacial score (nSPS) is 13.2. The van der Waals surface area contributed by atoms with Gasteiger partial charge in [0.1, 0.15) is 11.6 Å². The third-order valence-electron chi connectivity index (χ3n) is 4.39. The molecule has 0 bridgehead atoms. The number of aryl methyl sites for hydroxylation is 1. The highest BCUT2D eigenvalue weighted by molar-refractivity contribution is 7.14. The molecule has 128 valence electrons. The Morgan fingerprint density at radius 3 is 2.84 bits per heavy atom. The third kappa shape index (κ3) is 3.26. The summed E-state index contributed by atoms with van der Waals surface area (Å²) >= 11 is 1.43. The maximum atomic E-state index is 12.6. The van der Waals surface area contributed by atoms with Crippen LogP contribution >= 0.6 is 11.3 Å². The fourth-order valence-electron chi connectivity index (χ4n) is 2.90. The second-order valence-electron chi connectivity index (χ2n) is 6.09. The standard InChI is InChI=1S/C18H17N3O3S/c1-11-3-5-21(18(24)14(11)8-19)10-15(23)17-7-13-9-20(12(2)22)6-4-16(13)25-17/h3,5,7H,4,6,9-10H2,1-2H3. The van der Waals surface area contributed by atoms with Crippen molar-refractivity contribution in [3.05, 3.63) is 55.1 Å². The Kier molecular flexibility index (Phi) is 4.55. The summed E-state index contributed by atoms with van der Waals surface area (Å²) < 4.78 is 1.27. The summed E-state index contributed by atoms with van der Waals surface area (Å²) in [5, 5.41) is 9.08. The Balaban J connectivity index is 1.83. The minimum atomic E-state index is -0.445. The molecule has 0 spiro atoms. The van der Waals surface area contributed by atoms with Gasteiger partial charge in [0, 0.05) is 31.1 Å². The maximum absolute atomic E-state index is 12.6. The van der Waals surface area contributed by atoms with Gasteiger partial charge in [-0.2, -0.15) is 5.26 Å². The molecule has 3 rings (SSSR count). The number of fused-ring (bicyclic) bond motifs is 1. The minimum absolute atomic E-state index is 0.0277. The Bertz CT molecular complexity index is 965. The molecule has 1 aliphatic rings. The van der Waals surface area contributed by atoms with Crippen LogP contribution in [0.3, 0.4) is 0 Å². The number of amides is 1. The van der Waals surface area contributed by atoms with E-state index in [-0.39, 0.29) is 23.8 Å². The number of nitrogens with zero attached hydrogens (tertiary/aromatic N) is 3. The van der Waals surface area contributed by atoms with E-state index in [0.29, 0.717) is 23.5 Å². The highest BCUT2D eigenvalue weighted by atomic mass is 32.1. The monoisotopic (exact) mass is 355 g/mol. The lowest BCUT2D eigenvalue weighted by molar-refractivity contribution is -0.129. The summed E-state index contributed by atoms with van der Waals surface area (Å²) in [6.07, 6.45) is 2.29. The molecule has 0 fully saturated rings. The van der Waals surface area contributed by atoms with Crippen LogP contribution in [0.25, 0.3) is 0 Å². The number of ketones is 1. The number of Topliss-reactive ketones (excluding diaryl/α,β-unsaturated/α-hetero) is 1. The molecule has 0 radical (unpaired) electrons. The lowest BCUT2D eigenvalue weighted by atomic mass is 10.1. The van der Waals surface area contributed by atoms with Gasteiger partial charge in [-0.25, -0.2) is 0 Å². The number of carbonyl (C=O) groups is 2. The predicted octanol–water partition coefficient (Wildman–Crippen LogP) is 1.88. The summed E-state index contributed by atoms with van der Waals surface area (Å²) in [4.78, 5) is 39.8. The van der Waals surface area contributed by atoms with Gasteiger partial charge < -0.3 is 9.47 Å². The van der Waals surface area contributed by atoms with E-state index >= 15 is 0 Å². The summed E-state index contributed by atoms with van der Waals surface area (Å²) in [5.41, 5.74) is 1.23. The first-order valence-corrected chi connectivity index (χ1v) is 8.72. The van der Waals surface area contributed by atoms with Gasteiger partial charge in [0.05, 0.1) is 11.4 Å². The molecule has 0 saturated carbocycles. The summed E-state index contributed by atoms with van der Waals surface area (Å²) in [6.45, 7) is 4.33. The number of nitriles is 1. The van der Waals surface area contributed by atoms with E-state index in [0.717, 1.165) is 16.9 Å². The second-order valence-corrected chi connectivity index (χ2v) is 7.23. The van der Waals surface area contributed by atoms with Crippen molar-refractivity contribution in [2.24, 2.45) is 0 Å². The van der Waals surface area contributed by atoms with Crippen LogP contribution in [0, 0.1) is 18.3 Å². The molecule has 7 heteroatoms. The first-order valence-electron chi connectivity index (χ1n) is 7.91. The number of aromatic nitrogens is 1. The summed E-state index contributed by atoms with van der Waals surface area (Å²) in [6, 6.07) is 5.38. The van der Waals surface area contributed by atoms with Crippen LogP contribution < -0.4 is 5.56 Å². The summed E-state index contributed by atoms with van der Waals surface area (Å²) in [5.74, 6) is -0.136. The molecule has 2 aromatic heterocycles. The highest BCUT2D eigenvalue weighted by Gasteiger charge is 2.23. The molecular weight excluding hydrogens is 338 g/mol. The molecule has 2 aromatic rings. The molecule has 0 N–H and O–H groups in total.